The van der Waals surface area contributed by atoms with Crippen LogP contribution in [0.2, 0.25) is 0 Å². The van der Waals surface area contributed by atoms with Crippen LogP contribution in [0.4, 0.5) is 5.69 Å². The average Bonchev–Trinajstić information content (AvgIpc) is 2.33. The molecule has 0 spiro atoms. The summed E-state index contributed by atoms with van der Waals surface area (Å²) in [5.74, 6) is 0.922. The van der Waals surface area contributed by atoms with Crippen LogP contribution in [0.25, 0.3) is 0 Å². The van der Waals surface area contributed by atoms with E-state index in [0.717, 1.165) is 18.0 Å². The maximum atomic E-state index is 11.3. The number of aryl methyl sites for hydroxylation is 1. The van der Waals surface area contributed by atoms with Crippen molar-refractivity contribution in [3.8, 4) is 0 Å². The zero-order valence-corrected chi connectivity index (χ0v) is 10.8. The molecule has 1 amide bonds. The summed E-state index contributed by atoms with van der Waals surface area (Å²) < 4.78 is 0. The van der Waals surface area contributed by atoms with Gasteiger partial charge in [-0.25, -0.2) is 0 Å². The van der Waals surface area contributed by atoms with Gasteiger partial charge in [-0.1, -0.05) is 18.6 Å². The van der Waals surface area contributed by atoms with Gasteiger partial charge in [0.1, 0.15) is 0 Å². The van der Waals surface area contributed by atoms with Crippen molar-refractivity contribution in [1.82, 2.24) is 5.32 Å². The van der Waals surface area contributed by atoms with Gasteiger partial charge in [-0.2, -0.15) is 0 Å². The van der Waals surface area contributed by atoms with Crippen LogP contribution < -0.4 is 10.6 Å². The Morgan fingerprint density at radius 3 is 2.83 bits per heavy atom. The van der Waals surface area contributed by atoms with E-state index < -0.39 is 0 Å². The second-order valence-electron chi connectivity index (χ2n) is 5.42. The first-order chi connectivity index (χ1) is 8.78. The number of carbonyl (C=O) groups is 1. The fraction of sp³-hybridized carbons (Fsp3) is 0.533. The molecule has 1 aromatic rings. The van der Waals surface area contributed by atoms with E-state index in [1.807, 2.05) is 7.05 Å². The molecule has 3 rings (SSSR count). The van der Waals surface area contributed by atoms with Gasteiger partial charge in [-0.05, 0) is 49.4 Å². The van der Waals surface area contributed by atoms with E-state index in [9.17, 15) is 4.79 Å². The standard InChI is InChI=1S/C15H20N2O/c1-16-15(10-3-2-4-10)12-5-7-13-11(9-12)6-8-14(18)17-13/h5,7,9-10,15-16H,2-4,6,8H2,1H3,(H,17,18). The van der Waals surface area contributed by atoms with Crippen LogP contribution in [-0.2, 0) is 11.2 Å². The Hall–Kier alpha value is -1.35. The lowest BCUT2D eigenvalue weighted by Gasteiger charge is -2.34. The van der Waals surface area contributed by atoms with Gasteiger partial charge in [0.25, 0.3) is 0 Å². The molecule has 2 aliphatic rings. The Morgan fingerprint density at radius 1 is 1.33 bits per heavy atom. The van der Waals surface area contributed by atoms with Gasteiger partial charge in [0.15, 0.2) is 0 Å². The molecule has 18 heavy (non-hydrogen) atoms. The number of amides is 1. The second kappa shape index (κ2) is 4.73. The van der Waals surface area contributed by atoms with E-state index in [2.05, 4.69) is 28.8 Å². The molecular formula is C15H20N2O. The quantitative estimate of drug-likeness (QED) is 0.858. The monoisotopic (exact) mass is 244 g/mol. The largest absolute Gasteiger partial charge is 0.326 e. The van der Waals surface area contributed by atoms with Crippen molar-refractivity contribution in [1.29, 1.82) is 0 Å². The Balaban J connectivity index is 1.86. The first kappa shape index (κ1) is 11.7. The first-order valence-electron chi connectivity index (χ1n) is 6.88. The predicted octanol–water partition coefficient (Wildman–Crippen LogP) is 2.63. The number of fused-ring (bicyclic) bond motifs is 1. The molecule has 1 aromatic carbocycles. The molecule has 1 saturated carbocycles. The molecule has 0 saturated heterocycles. The van der Waals surface area contributed by atoms with E-state index >= 15 is 0 Å². The molecule has 1 aliphatic heterocycles. The summed E-state index contributed by atoms with van der Waals surface area (Å²) in [7, 11) is 2.05. The van der Waals surface area contributed by atoms with Gasteiger partial charge in [0, 0.05) is 18.2 Å². The van der Waals surface area contributed by atoms with Crippen molar-refractivity contribution in [3.05, 3.63) is 29.3 Å². The Kier molecular flexibility index (Phi) is 3.08. The zero-order chi connectivity index (χ0) is 12.5. The van der Waals surface area contributed by atoms with Crippen molar-refractivity contribution in [3.63, 3.8) is 0 Å². The molecule has 1 aliphatic carbocycles. The number of hydrogen-bond acceptors (Lipinski definition) is 2. The van der Waals surface area contributed by atoms with Gasteiger partial charge in [-0.3, -0.25) is 4.79 Å². The van der Waals surface area contributed by atoms with Crippen LogP contribution in [0.15, 0.2) is 18.2 Å². The van der Waals surface area contributed by atoms with E-state index in [4.69, 9.17) is 0 Å². The van der Waals surface area contributed by atoms with Crippen LogP contribution in [0, 0.1) is 5.92 Å². The summed E-state index contributed by atoms with van der Waals surface area (Å²) in [5, 5.41) is 6.39. The molecule has 3 nitrogen and oxygen atoms in total. The van der Waals surface area contributed by atoms with Crippen LogP contribution in [-0.4, -0.2) is 13.0 Å². The second-order valence-corrected chi connectivity index (χ2v) is 5.42. The number of carbonyl (C=O) groups excluding carboxylic acids is 1. The van der Waals surface area contributed by atoms with Crippen molar-refractivity contribution < 1.29 is 4.79 Å². The van der Waals surface area contributed by atoms with Gasteiger partial charge in [-0.15, -0.1) is 0 Å². The summed E-state index contributed by atoms with van der Waals surface area (Å²) in [4.78, 5) is 11.3. The third-order valence-corrected chi connectivity index (χ3v) is 4.32. The number of anilines is 1. The van der Waals surface area contributed by atoms with E-state index in [1.54, 1.807) is 0 Å². The van der Waals surface area contributed by atoms with E-state index in [0.29, 0.717) is 12.5 Å². The van der Waals surface area contributed by atoms with Crippen LogP contribution >= 0.6 is 0 Å². The molecule has 1 fully saturated rings. The summed E-state index contributed by atoms with van der Waals surface area (Å²) in [6.07, 6.45) is 5.52. The average molecular weight is 244 g/mol. The van der Waals surface area contributed by atoms with E-state index in [1.165, 1.54) is 30.4 Å². The summed E-state index contributed by atoms with van der Waals surface area (Å²) >= 11 is 0. The Morgan fingerprint density at radius 2 is 2.17 bits per heavy atom. The highest BCUT2D eigenvalue weighted by Crippen LogP contribution is 2.38. The van der Waals surface area contributed by atoms with Crippen molar-refractivity contribution in [2.45, 2.75) is 38.1 Å². The Labute approximate surface area is 108 Å². The maximum absolute atomic E-state index is 11.3. The van der Waals surface area contributed by atoms with Gasteiger partial charge >= 0.3 is 0 Å². The van der Waals surface area contributed by atoms with Gasteiger partial charge < -0.3 is 10.6 Å². The summed E-state index contributed by atoms with van der Waals surface area (Å²) in [6.45, 7) is 0. The summed E-state index contributed by atoms with van der Waals surface area (Å²) in [6, 6.07) is 6.96. The molecule has 96 valence electrons. The highest BCUT2D eigenvalue weighted by molar-refractivity contribution is 5.93. The van der Waals surface area contributed by atoms with Crippen LogP contribution in [0.3, 0.4) is 0 Å². The first-order valence-corrected chi connectivity index (χ1v) is 6.88. The number of rotatable bonds is 3. The molecular weight excluding hydrogens is 224 g/mol. The van der Waals surface area contributed by atoms with Gasteiger partial charge in [0.05, 0.1) is 0 Å². The normalized spacial score (nSPS) is 20.8. The zero-order valence-electron chi connectivity index (χ0n) is 10.8. The number of benzene rings is 1. The molecule has 0 aromatic heterocycles. The van der Waals surface area contributed by atoms with Crippen molar-refractivity contribution in [2.75, 3.05) is 12.4 Å². The fourth-order valence-electron chi connectivity index (χ4n) is 3.04. The van der Waals surface area contributed by atoms with Crippen molar-refractivity contribution >= 4 is 11.6 Å². The summed E-state index contributed by atoms with van der Waals surface area (Å²) in [5.41, 5.74) is 3.65. The molecule has 1 unspecified atom stereocenters. The lowest BCUT2D eigenvalue weighted by molar-refractivity contribution is -0.116. The van der Waals surface area contributed by atoms with Gasteiger partial charge in [0.2, 0.25) is 5.91 Å². The molecule has 0 radical (unpaired) electrons. The minimum Gasteiger partial charge on any atom is -0.326 e. The lowest BCUT2D eigenvalue weighted by atomic mass is 9.77. The minimum atomic E-state index is 0.138. The third-order valence-electron chi connectivity index (χ3n) is 4.32. The lowest BCUT2D eigenvalue weighted by Crippen LogP contribution is -2.30. The topological polar surface area (TPSA) is 41.1 Å². The maximum Gasteiger partial charge on any atom is 0.224 e. The SMILES string of the molecule is CNC(c1ccc2c(c1)CCC(=O)N2)C1CCC1. The number of nitrogens with one attached hydrogen (secondary N) is 2. The van der Waals surface area contributed by atoms with Crippen LogP contribution in [0.1, 0.15) is 42.9 Å². The Bertz CT molecular complexity index is 466. The highest BCUT2D eigenvalue weighted by Gasteiger charge is 2.28. The molecule has 3 heteroatoms. The fourth-order valence-corrected chi connectivity index (χ4v) is 3.04. The number of hydrogen-bond donors (Lipinski definition) is 2. The molecule has 1 atom stereocenters. The third kappa shape index (κ3) is 2.03. The van der Waals surface area contributed by atoms with Crippen LogP contribution in [0.5, 0.6) is 0 Å². The van der Waals surface area contributed by atoms with Crippen molar-refractivity contribution in [2.24, 2.45) is 5.92 Å². The van der Waals surface area contributed by atoms with E-state index in [-0.39, 0.29) is 5.91 Å². The minimum absolute atomic E-state index is 0.138. The predicted molar refractivity (Wildman–Crippen MR) is 72.5 cm³/mol. The molecule has 0 bridgehead atoms. The molecule has 2 N–H and O–H groups in total. The highest BCUT2D eigenvalue weighted by atomic mass is 16.1. The smallest absolute Gasteiger partial charge is 0.224 e. The molecule has 1 heterocycles.